The quantitative estimate of drug-likeness (QED) is 0.833. The summed E-state index contributed by atoms with van der Waals surface area (Å²) >= 11 is 0. The van der Waals surface area contributed by atoms with Gasteiger partial charge in [-0.15, -0.1) is 0 Å². The van der Waals surface area contributed by atoms with Crippen molar-refractivity contribution in [2.24, 2.45) is 0 Å². The number of benzene rings is 2. The van der Waals surface area contributed by atoms with E-state index in [-0.39, 0.29) is 0 Å². The molecule has 88 valence electrons. The molecule has 0 amide bonds. The van der Waals surface area contributed by atoms with Crippen LogP contribution >= 0.6 is 0 Å². The first-order valence-electron chi connectivity index (χ1n) is 6.09. The number of rotatable bonds is 4. The van der Waals surface area contributed by atoms with Crippen LogP contribution in [0.15, 0.2) is 54.6 Å². The van der Waals surface area contributed by atoms with Crippen molar-refractivity contribution in [1.29, 1.82) is 0 Å². The van der Waals surface area contributed by atoms with Crippen molar-refractivity contribution in [3.8, 4) is 0 Å². The molecule has 0 bridgehead atoms. The molecule has 0 spiro atoms. The summed E-state index contributed by atoms with van der Waals surface area (Å²) in [6, 6.07) is 19.6. The molecule has 1 N–H and O–H groups in total. The highest BCUT2D eigenvalue weighted by molar-refractivity contribution is 5.25. The van der Waals surface area contributed by atoms with Crippen LogP contribution in [0.2, 0.25) is 0 Å². The molecule has 17 heavy (non-hydrogen) atoms. The van der Waals surface area contributed by atoms with Crippen LogP contribution in [0.3, 0.4) is 0 Å². The molecule has 0 aliphatic heterocycles. The molecule has 0 saturated heterocycles. The number of nitrogens with one attached hydrogen (secondary N) is 1. The molecule has 1 atom stereocenters. The van der Waals surface area contributed by atoms with Crippen molar-refractivity contribution in [2.45, 2.75) is 26.4 Å². The zero-order valence-electron chi connectivity index (χ0n) is 10.5. The normalized spacial score (nSPS) is 12.4. The summed E-state index contributed by atoms with van der Waals surface area (Å²) in [6.45, 7) is 5.25. The van der Waals surface area contributed by atoms with Gasteiger partial charge in [0.05, 0.1) is 0 Å². The average molecular weight is 225 g/mol. The lowest BCUT2D eigenvalue weighted by molar-refractivity contribution is 0.574. The van der Waals surface area contributed by atoms with Crippen LogP contribution < -0.4 is 5.32 Å². The topological polar surface area (TPSA) is 12.0 Å². The van der Waals surface area contributed by atoms with Gasteiger partial charge in [-0.25, -0.2) is 0 Å². The van der Waals surface area contributed by atoms with E-state index in [1.54, 1.807) is 0 Å². The van der Waals surface area contributed by atoms with Crippen molar-refractivity contribution in [3.63, 3.8) is 0 Å². The van der Waals surface area contributed by atoms with E-state index in [2.05, 4.69) is 67.7 Å². The van der Waals surface area contributed by atoms with E-state index in [1.807, 2.05) is 6.07 Å². The summed E-state index contributed by atoms with van der Waals surface area (Å²) < 4.78 is 0. The summed E-state index contributed by atoms with van der Waals surface area (Å²) in [6.07, 6.45) is 0. The number of aryl methyl sites for hydroxylation is 1. The van der Waals surface area contributed by atoms with Crippen LogP contribution in [0.25, 0.3) is 0 Å². The predicted octanol–water partition coefficient (Wildman–Crippen LogP) is 3.85. The fourth-order valence-corrected chi connectivity index (χ4v) is 1.92. The van der Waals surface area contributed by atoms with Crippen LogP contribution in [-0.2, 0) is 6.54 Å². The molecule has 1 nitrogen and oxygen atoms in total. The van der Waals surface area contributed by atoms with Crippen molar-refractivity contribution in [2.75, 3.05) is 0 Å². The Hall–Kier alpha value is -1.60. The van der Waals surface area contributed by atoms with Gasteiger partial charge in [-0.3, -0.25) is 0 Å². The highest BCUT2D eigenvalue weighted by atomic mass is 14.9. The molecule has 0 saturated carbocycles. The molecule has 2 aromatic carbocycles. The zero-order chi connectivity index (χ0) is 12.1. The minimum Gasteiger partial charge on any atom is -0.306 e. The van der Waals surface area contributed by atoms with Crippen LogP contribution in [0.4, 0.5) is 0 Å². The van der Waals surface area contributed by atoms with Crippen LogP contribution in [-0.4, -0.2) is 0 Å². The van der Waals surface area contributed by atoms with Crippen molar-refractivity contribution >= 4 is 0 Å². The lowest BCUT2D eigenvalue weighted by Gasteiger charge is -2.14. The Morgan fingerprint density at radius 2 is 1.76 bits per heavy atom. The van der Waals surface area contributed by atoms with Gasteiger partial charge in [-0.1, -0.05) is 60.2 Å². The third kappa shape index (κ3) is 3.43. The lowest BCUT2D eigenvalue weighted by atomic mass is 10.1. The van der Waals surface area contributed by atoms with Gasteiger partial charge in [0.2, 0.25) is 0 Å². The van der Waals surface area contributed by atoms with E-state index in [1.165, 1.54) is 16.7 Å². The van der Waals surface area contributed by atoms with E-state index in [4.69, 9.17) is 0 Å². The second-order valence-electron chi connectivity index (χ2n) is 4.50. The maximum Gasteiger partial charge on any atom is 0.0295 e. The molecule has 0 heterocycles. The van der Waals surface area contributed by atoms with Crippen molar-refractivity contribution in [3.05, 3.63) is 71.3 Å². The lowest BCUT2D eigenvalue weighted by Crippen LogP contribution is -2.18. The Morgan fingerprint density at radius 3 is 2.47 bits per heavy atom. The van der Waals surface area contributed by atoms with E-state index in [0.717, 1.165) is 6.54 Å². The molecule has 2 aromatic rings. The summed E-state index contributed by atoms with van der Waals surface area (Å²) in [7, 11) is 0. The monoisotopic (exact) mass is 225 g/mol. The summed E-state index contributed by atoms with van der Waals surface area (Å²) in [5.41, 5.74) is 3.99. The summed E-state index contributed by atoms with van der Waals surface area (Å²) in [4.78, 5) is 0. The Balaban J connectivity index is 1.96. The van der Waals surface area contributed by atoms with Gasteiger partial charge in [0.1, 0.15) is 0 Å². The van der Waals surface area contributed by atoms with Gasteiger partial charge >= 0.3 is 0 Å². The fraction of sp³-hybridized carbons (Fsp3) is 0.250. The Bertz CT molecular complexity index is 462. The van der Waals surface area contributed by atoms with Crippen LogP contribution in [0.5, 0.6) is 0 Å². The Labute approximate surface area is 103 Å². The highest BCUT2D eigenvalue weighted by Gasteiger charge is 2.04. The van der Waals surface area contributed by atoms with E-state index >= 15 is 0 Å². The third-order valence-electron chi connectivity index (χ3n) is 3.00. The molecule has 0 fully saturated rings. The smallest absolute Gasteiger partial charge is 0.0295 e. The largest absolute Gasteiger partial charge is 0.306 e. The van der Waals surface area contributed by atoms with E-state index < -0.39 is 0 Å². The first-order valence-corrected chi connectivity index (χ1v) is 6.09. The second-order valence-corrected chi connectivity index (χ2v) is 4.50. The molecule has 1 unspecified atom stereocenters. The van der Waals surface area contributed by atoms with Gasteiger partial charge in [-0.2, -0.15) is 0 Å². The number of hydrogen-bond donors (Lipinski definition) is 1. The number of hydrogen-bond acceptors (Lipinski definition) is 1. The van der Waals surface area contributed by atoms with E-state index in [0.29, 0.717) is 6.04 Å². The van der Waals surface area contributed by atoms with Crippen LogP contribution in [0, 0.1) is 6.92 Å². The fourth-order valence-electron chi connectivity index (χ4n) is 1.92. The molecule has 0 aliphatic carbocycles. The molecular weight excluding hydrogens is 206 g/mol. The standard InChI is InChI=1S/C16H19N/c1-13-7-6-10-16(11-13)14(2)17-12-15-8-4-3-5-9-15/h3-11,14,17H,12H2,1-2H3. The van der Waals surface area contributed by atoms with Gasteiger partial charge in [0.25, 0.3) is 0 Å². The first-order chi connectivity index (χ1) is 8.25. The molecule has 0 radical (unpaired) electrons. The maximum atomic E-state index is 3.54. The molecule has 1 heteroatoms. The molecule has 0 aliphatic rings. The molecule has 2 rings (SSSR count). The van der Waals surface area contributed by atoms with Gasteiger partial charge in [-0.05, 0) is 25.0 Å². The second kappa shape index (κ2) is 5.65. The zero-order valence-corrected chi connectivity index (χ0v) is 10.5. The molecule has 0 aromatic heterocycles. The molecular formula is C16H19N. The summed E-state index contributed by atoms with van der Waals surface area (Å²) in [5, 5.41) is 3.54. The van der Waals surface area contributed by atoms with Crippen LogP contribution in [0.1, 0.15) is 29.7 Å². The first kappa shape index (κ1) is 11.9. The van der Waals surface area contributed by atoms with E-state index in [9.17, 15) is 0 Å². The van der Waals surface area contributed by atoms with Gasteiger partial charge in [0.15, 0.2) is 0 Å². The Morgan fingerprint density at radius 1 is 1.00 bits per heavy atom. The SMILES string of the molecule is Cc1cccc(C(C)NCc2ccccc2)c1. The van der Waals surface area contributed by atoms with Gasteiger partial charge < -0.3 is 5.32 Å². The third-order valence-corrected chi connectivity index (χ3v) is 3.00. The summed E-state index contributed by atoms with van der Waals surface area (Å²) in [5.74, 6) is 0. The minimum absolute atomic E-state index is 0.384. The predicted molar refractivity (Wildman–Crippen MR) is 72.9 cm³/mol. The van der Waals surface area contributed by atoms with Gasteiger partial charge in [0, 0.05) is 12.6 Å². The average Bonchev–Trinajstić information content (AvgIpc) is 2.37. The van der Waals surface area contributed by atoms with Crippen molar-refractivity contribution in [1.82, 2.24) is 5.32 Å². The maximum absolute atomic E-state index is 3.54. The highest BCUT2D eigenvalue weighted by Crippen LogP contribution is 2.14. The minimum atomic E-state index is 0.384. The Kier molecular flexibility index (Phi) is 3.94. The van der Waals surface area contributed by atoms with Crippen molar-refractivity contribution < 1.29 is 0 Å².